The lowest BCUT2D eigenvalue weighted by atomic mass is 9.91. The normalized spacial score (nSPS) is 21.6. The number of carboxylic acids is 1. The number of hydrogen-bond acceptors (Lipinski definition) is 5. The highest BCUT2D eigenvalue weighted by Crippen LogP contribution is 2.28. The first kappa shape index (κ1) is 15.5. The van der Waals surface area contributed by atoms with Crippen molar-refractivity contribution in [2.45, 2.75) is 39.7 Å². The molecule has 3 rings (SSSR count). The molecular formula is C16H19N3O4. The zero-order valence-corrected chi connectivity index (χ0v) is 13.4. The Labute approximate surface area is 133 Å². The van der Waals surface area contributed by atoms with Crippen LogP contribution in [-0.4, -0.2) is 44.6 Å². The van der Waals surface area contributed by atoms with E-state index in [1.54, 1.807) is 19.9 Å². The molecule has 122 valence electrons. The fourth-order valence-corrected chi connectivity index (χ4v) is 3.16. The van der Waals surface area contributed by atoms with Crippen molar-refractivity contribution in [1.29, 1.82) is 0 Å². The van der Waals surface area contributed by atoms with E-state index in [1.807, 2.05) is 6.92 Å². The topological polar surface area (TPSA) is 96.5 Å². The van der Waals surface area contributed by atoms with E-state index >= 15 is 0 Å². The number of amides is 1. The number of likely N-dealkylation sites (tertiary alicyclic amines) is 1. The molecule has 3 heterocycles. The van der Waals surface area contributed by atoms with Crippen molar-refractivity contribution in [3.05, 3.63) is 23.0 Å². The highest BCUT2D eigenvalue weighted by molar-refractivity contribution is 6.07. The lowest BCUT2D eigenvalue weighted by Crippen LogP contribution is -2.49. The van der Waals surface area contributed by atoms with Gasteiger partial charge in [0.2, 0.25) is 0 Å². The first-order valence-corrected chi connectivity index (χ1v) is 7.66. The van der Waals surface area contributed by atoms with Gasteiger partial charge in [-0.05, 0) is 38.7 Å². The third-order valence-electron chi connectivity index (χ3n) is 4.39. The van der Waals surface area contributed by atoms with Gasteiger partial charge in [-0.3, -0.25) is 4.79 Å². The number of rotatable bonds is 2. The van der Waals surface area contributed by atoms with Crippen LogP contribution in [0.4, 0.5) is 0 Å². The van der Waals surface area contributed by atoms with E-state index in [4.69, 9.17) is 4.52 Å². The maximum Gasteiger partial charge on any atom is 0.326 e. The van der Waals surface area contributed by atoms with Crippen molar-refractivity contribution in [3.8, 4) is 0 Å². The zero-order chi connectivity index (χ0) is 16.7. The molecule has 2 aromatic heterocycles. The number of carboxylic acid groups (broad SMARTS) is 1. The van der Waals surface area contributed by atoms with Crippen LogP contribution < -0.4 is 0 Å². The molecule has 1 N–H and O–H groups in total. The first-order valence-electron chi connectivity index (χ1n) is 7.66. The van der Waals surface area contributed by atoms with E-state index in [-0.39, 0.29) is 11.8 Å². The molecule has 2 aromatic rings. The molecule has 2 atom stereocenters. The van der Waals surface area contributed by atoms with Crippen LogP contribution in [0.5, 0.6) is 0 Å². The summed E-state index contributed by atoms with van der Waals surface area (Å²) in [6.07, 6.45) is 1.27. The van der Waals surface area contributed by atoms with Crippen molar-refractivity contribution in [1.82, 2.24) is 15.0 Å². The van der Waals surface area contributed by atoms with E-state index in [0.29, 0.717) is 41.0 Å². The van der Waals surface area contributed by atoms with Gasteiger partial charge in [0.05, 0.1) is 16.6 Å². The van der Waals surface area contributed by atoms with E-state index < -0.39 is 12.0 Å². The molecule has 7 nitrogen and oxygen atoms in total. The van der Waals surface area contributed by atoms with E-state index in [0.717, 1.165) is 6.42 Å². The van der Waals surface area contributed by atoms with Gasteiger partial charge in [0.1, 0.15) is 6.04 Å². The van der Waals surface area contributed by atoms with Gasteiger partial charge in [0.15, 0.2) is 0 Å². The number of aromatic nitrogens is 2. The molecule has 23 heavy (non-hydrogen) atoms. The SMILES string of the molecule is Cc1cc(C(=O)N2CCC(C)CC2C(=O)O)c2c(C)noc2n1. The number of pyridine rings is 1. The van der Waals surface area contributed by atoms with Gasteiger partial charge in [0.25, 0.3) is 11.6 Å². The van der Waals surface area contributed by atoms with Crippen LogP contribution in [0, 0.1) is 19.8 Å². The zero-order valence-electron chi connectivity index (χ0n) is 13.4. The van der Waals surface area contributed by atoms with E-state index in [1.165, 1.54) is 4.90 Å². The quantitative estimate of drug-likeness (QED) is 0.911. The fourth-order valence-electron chi connectivity index (χ4n) is 3.16. The lowest BCUT2D eigenvalue weighted by molar-refractivity contribution is -0.144. The Balaban J connectivity index is 2.06. The Morgan fingerprint density at radius 1 is 1.39 bits per heavy atom. The molecule has 0 spiro atoms. The average molecular weight is 317 g/mol. The third kappa shape index (κ3) is 2.67. The smallest absolute Gasteiger partial charge is 0.326 e. The fraction of sp³-hybridized carbons (Fsp3) is 0.500. The number of nitrogens with zero attached hydrogens (tertiary/aromatic N) is 3. The van der Waals surface area contributed by atoms with Gasteiger partial charge in [0, 0.05) is 12.2 Å². The lowest BCUT2D eigenvalue weighted by Gasteiger charge is -2.36. The van der Waals surface area contributed by atoms with Crippen LogP contribution in [0.25, 0.3) is 11.1 Å². The second kappa shape index (κ2) is 5.64. The summed E-state index contributed by atoms with van der Waals surface area (Å²) in [6.45, 7) is 5.95. The second-order valence-electron chi connectivity index (χ2n) is 6.24. The van der Waals surface area contributed by atoms with E-state index in [2.05, 4.69) is 10.1 Å². The Kier molecular flexibility index (Phi) is 3.79. The van der Waals surface area contributed by atoms with Crippen molar-refractivity contribution < 1.29 is 19.2 Å². The number of carbonyl (C=O) groups excluding carboxylic acids is 1. The molecule has 0 aliphatic carbocycles. The summed E-state index contributed by atoms with van der Waals surface area (Å²) < 4.78 is 5.15. The summed E-state index contributed by atoms with van der Waals surface area (Å²) in [7, 11) is 0. The molecule has 1 aliphatic heterocycles. The maximum atomic E-state index is 13.0. The Hall–Kier alpha value is -2.44. The maximum absolute atomic E-state index is 13.0. The predicted molar refractivity (Wildman–Crippen MR) is 82.1 cm³/mol. The number of carbonyl (C=O) groups is 2. The number of aliphatic carboxylic acids is 1. The van der Waals surface area contributed by atoms with Gasteiger partial charge in [-0.1, -0.05) is 12.1 Å². The largest absolute Gasteiger partial charge is 0.480 e. The number of fused-ring (bicyclic) bond motifs is 1. The van der Waals surface area contributed by atoms with Crippen molar-refractivity contribution in [2.24, 2.45) is 5.92 Å². The summed E-state index contributed by atoms with van der Waals surface area (Å²) in [5, 5.41) is 13.9. The minimum atomic E-state index is -0.964. The minimum Gasteiger partial charge on any atom is -0.480 e. The van der Waals surface area contributed by atoms with Crippen molar-refractivity contribution in [3.63, 3.8) is 0 Å². The molecule has 0 bridgehead atoms. The number of piperidine rings is 1. The molecule has 1 fully saturated rings. The highest BCUT2D eigenvalue weighted by atomic mass is 16.5. The van der Waals surface area contributed by atoms with Gasteiger partial charge in [-0.15, -0.1) is 0 Å². The van der Waals surface area contributed by atoms with Crippen molar-refractivity contribution >= 4 is 23.0 Å². The molecule has 7 heteroatoms. The van der Waals surface area contributed by atoms with Gasteiger partial charge < -0.3 is 14.5 Å². The Morgan fingerprint density at radius 2 is 2.13 bits per heavy atom. The number of hydrogen-bond donors (Lipinski definition) is 1. The minimum absolute atomic E-state index is 0.289. The standard InChI is InChI=1S/C16H19N3O4/c1-8-4-5-19(12(6-8)16(21)22)15(20)11-7-9(2)17-14-13(11)10(3)18-23-14/h7-8,12H,4-6H2,1-3H3,(H,21,22). The summed E-state index contributed by atoms with van der Waals surface area (Å²) in [5.41, 5.74) is 1.93. The van der Waals surface area contributed by atoms with Crippen LogP contribution in [0.2, 0.25) is 0 Å². The van der Waals surface area contributed by atoms with Gasteiger partial charge in [-0.25, -0.2) is 9.78 Å². The highest BCUT2D eigenvalue weighted by Gasteiger charge is 2.36. The molecule has 0 radical (unpaired) electrons. The molecule has 0 aromatic carbocycles. The molecular weight excluding hydrogens is 298 g/mol. The second-order valence-corrected chi connectivity index (χ2v) is 6.24. The Morgan fingerprint density at radius 3 is 2.83 bits per heavy atom. The molecule has 2 unspecified atom stereocenters. The van der Waals surface area contributed by atoms with Crippen molar-refractivity contribution in [2.75, 3.05) is 6.54 Å². The molecule has 0 saturated carbocycles. The average Bonchev–Trinajstić information content (AvgIpc) is 2.86. The molecule has 1 amide bonds. The summed E-state index contributed by atoms with van der Waals surface area (Å²) >= 11 is 0. The summed E-state index contributed by atoms with van der Waals surface area (Å²) in [4.78, 5) is 30.2. The summed E-state index contributed by atoms with van der Waals surface area (Å²) in [5.74, 6) is -0.975. The van der Waals surface area contributed by atoms with E-state index in [9.17, 15) is 14.7 Å². The van der Waals surface area contributed by atoms with Crippen LogP contribution in [0.3, 0.4) is 0 Å². The van der Waals surface area contributed by atoms with Crippen LogP contribution in [-0.2, 0) is 4.79 Å². The van der Waals surface area contributed by atoms with Crippen LogP contribution in [0.1, 0.15) is 41.5 Å². The van der Waals surface area contributed by atoms with Crippen LogP contribution in [0.15, 0.2) is 10.6 Å². The third-order valence-corrected chi connectivity index (χ3v) is 4.39. The van der Waals surface area contributed by atoms with Crippen LogP contribution >= 0.6 is 0 Å². The predicted octanol–water partition coefficient (Wildman–Crippen LogP) is 2.16. The van der Waals surface area contributed by atoms with Gasteiger partial charge >= 0.3 is 5.97 Å². The first-order chi connectivity index (χ1) is 10.9. The molecule has 1 saturated heterocycles. The van der Waals surface area contributed by atoms with Gasteiger partial charge in [-0.2, -0.15) is 0 Å². The summed E-state index contributed by atoms with van der Waals surface area (Å²) in [6, 6.07) is 0.876. The molecule has 1 aliphatic rings. The number of aryl methyl sites for hydroxylation is 2. The Bertz CT molecular complexity index is 783. The monoisotopic (exact) mass is 317 g/mol.